The molecule has 1 aromatic carbocycles. The van der Waals surface area contributed by atoms with Crippen molar-refractivity contribution in [3.8, 4) is 5.75 Å². The summed E-state index contributed by atoms with van der Waals surface area (Å²) in [5.74, 6) is -0.196. The van der Waals surface area contributed by atoms with Crippen molar-refractivity contribution < 1.29 is 19.4 Å². The van der Waals surface area contributed by atoms with E-state index in [4.69, 9.17) is 9.47 Å². The van der Waals surface area contributed by atoms with Crippen LogP contribution in [0.25, 0.3) is 0 Å². The Morgan fingerprint density at radius 3 is 2.95 bits per heavy atom. The fourth-order valence-electron chi connectivity index (χ4n) is 2.58. The lowest BCUT2D eigenvalue weighted by Crippen LogP contribution is -2.53. The summed E-state index contributed by atoms with van der Waals surface area (Å²) in [7, 11) is 1.58. The van der Waals surface area contributed by atoms with Crippen molar-refractivity contribution in [1.29, 1.82) is 0 Å². The number of para-hydroxylation sites is 2. The maximum Gasteiger partial charge on any atom is 0.329 e. The van der Waals surface area contributed by atoms with Crippen LogP contribution in [0, 0.1) is 0 Å². The number of nitrogens with one attached hydrogen (secondary N) is 1. The van der Waals surface area contributed by atoms with E-state index in [1.807, 2.05) is 31.2 Å². The molecule has 20 heavy (non-hydrogen) atoms. The predicted molar refractivity (Wildman–Crippen MR) is 76.2 cm³/mol. The van der Waals surface area contributed by atoms with E-state index in [1.54, 1.807) is 7.11 Å². The summed E-state index contributed by atoms with van der Waals surface area (Å²) >= 11 is 0. The van der Waals surface area contributed by atoms with E-state index in [2.05, 4.69) is 5.32 Å². The van der Waals surface area contributed by atoms with Crippen LogP contribution in [0.15, 0.2) is 24.3 Å². The van der Waals surface area contributed by atoms with Gasteiger partial charge in [0.25, 0.3) is 0 Å². The first-order chi connectivity index (χ1) is 9.61. The number of carboxylic acids is 1. The van der Waals surface area contributed by atoms with Crippen molar-refractivity contribution in [3.05, 3.63) is 24.3 Å². The van der Waals surface area contributed by atoms with Gasteiger partial charge in [-0.25, -0.2) is 4.79 Å². The van der Waals surface area contributed by atoms with Crippen molar-refractivity contribution in [3.63, 3.8) is 0 Å². The molecule has 1 aliphatic heterocycles. The van der Waals surface area contributed by atoms with Crippen molar-refractivity contribution in [1.82, 2.24) is 0 Å². The monoisotopic (exact) mass is 279 g/mol. The molecule has 1 saturated heterocycles. The highest BCUT2D eigenvalue weighted by Gasteiger charge is 2.43. The molecule has 5 heteroatoms. The van der Waals surface area contributed by atoms with Crippen molar-refractivity contribution in [2.45, 2.75) is 37.8 Å². The molecule has 2 atom stereocenters. The zero-order valence-electron chi connectivity index (χ0n) is 11.9. The number of ether oxygens (including phenoxy) is 2. The van der Waals surface area contributed by atoms with Gasteiger partial charge in [-0.05, 0) is 18.6 Å². The van der Waals surface area contributed by atoms with E-state index in [1.165, 1.54) is 0 Å². The van der Waals surface area contributed by atoms with Gasteiger partial charge >= 0.3 is 5.97 Å². The van der Waals surface area contributed by atoms with E-state index in [-0.39, 0.29) is 6.10 Å². The summed E-state index contributed by atoms with van der Waals surface area (Å²) < 4.78 is 10.9. The Bertz CT molecular complexity index is 477. The molecular formula is C15H21NO4. The standard InChI is InChI=1S/C15H21NO4/c1-3-11-10-15(14(17)18,8-9-20-11)16-12-6-4-5-7-13(12)19-2/h4-7,11,16H,3,8-10H2,1-2H3,(H,17,18). The highest BCUT2D eigenvalue weighted by molar-refractivity contribution is 5.83. The van der Waals surface area contributed by atoms with Crippen LogP contribution in [0.3, 0.4) is 0 Å². The summed E-state index contributed by atoms with van der Waals surface area (Å²) in [6.07, 6.45) is 1.68. The van der Waals surface area contributed by atoms with Crippen LogP contribution in [0.4, 0.5) is 5.69 Å². The predicted octanol–water partition coefficient (Wildman–Crippen LogP) is 2.52. The largest absolute Gasteiger partial charge is 0.495 e. The first kappa shape index (κ1) is 14.7. The highest BCUT2D eigenvalue weighted by atomic mass is 16.5. The van der Waals surface area contributed by atoms with Crippen LogP contribution in [0.2, 0.25) is 0 Å². The first-order valence-electron chi connectivity index (χ1n) is 6.87. The average molecular weight is 279 g/mol. The number of hydrogen-bond donors (Lipinski definition) is 2. The molecule has 1 heterocycles. The van der Waals surface area contributed by atoms with Gasteiger partial charge < -0.3 is 19.9 Å². The van der Waals surface area contributed by atoms with Gasteiger partial charge in [0.05, 0.1) is 18.9 Å². The third-order valence-corrected chi connectivity index (χ3v) is 3.80. The Morgan fingerprint density at radius 2 is 2.30 bits per heavy atom. The highest BCUT2D eigenvalue weighted by Crippen LogP contribution is 2.34. The lowest BCUT2D eigenvalue weighted by molar-refractivity contribution is -0.148. The Balaban J connectivity index is 2.27. The maximum atomic E-state index is 11.8. The van der Waals surface area contributed by atoms with Crippen LogP contribution in [-0.4, -0.2) is 36.4 Å². The number of carboxylic acid groups (broad SMARTS) is 1. The molecule has 0 aliphatic carbocycles. The number of rotatable bonds is 5. The lowest BCUT2D eigenvalue weighted by Gasteiger charge is -2.39. The van der Waals surface area contributed by atoms with E-state index in [0.29, 0.717) is 30.9 Å². The molecule has 1 fully saturated rings. The Kier molecular flexibility index (Phi) is 4.49. The Hall–Kier alpha value is -1.75. The second kappa shape index (κ2) is 6.13. The first-order valence-corrected chi connectivity index (χ1v) is 6.87. The molecule has 0 aromatic heterocycles. The fraction of sp³-hybridized carbons (Fsp3) is 0.533. The number of methoxy groups -OCH3 is 1. The number of carbonyl (C=O) groups is 1. The smallest absolute Gasteiger partial charge is 0.329 e. The summed E-state index contributed by atoms with van der Waals surface area (Å²) in [5.41, 5.74) is -0.290. The van der Waals surface area contributed by atoms with Gasteiger partial charge in [-0.2, -0.15) is 0 Å². The number of benzene rings is 1. The van der Waals surface area contributed by atoms with Gasteiger partial charge in [0.15, 0.2) is 0 Å². The summed E-state index contributed by atoms with van der Waals surface area (Å²) in [6.45, 7) is 2.46. The topological polar surface area (TPSA) is 67.8 Å². The number of aliphatic carboxylic acids is 1. The molecule has 2 unspecified atom stereocenters. The molecule has 1 aliphatic rings. The third kappa shape index (κ3) is 2.88. The molecule has 2 N–H and O–H groups in total. The summed E-state index contributed by atoms with van der Waals surface area (Å²) in [5, 5.41) is 12.8. The molecule has 0 saturated carbocycles. The van der Waals surface area contributed by atoms with Crippen LogP contribution >= 0.6 is 0 Å². The molecular weight excluding hydrogens is 258 g/mol. The SMILES string of the molecule is CCC1CC(Nc2ccccc2OC)(C(=O)O)CCO1. The third-order valence-electron chi connectivity index (χ3n) is 3.80. The van der Waals surface area contributed by atoms with Crippen LogP contribution in [0.5, 0.6) is 5.75 Å². The van der Waals surface area contributed by atoms with Crippen molar-refractivity contribution >= 4 is 11.7 Å². The number of hydrogen-bond acceptors (Lipinski definition) is 4. The normalized spacial score (nSPS) is 26.0. The molecule has 110 valence electrons. The van der Waals surface area contributed by atoms with Gasteiger partial charge in [-0.15, -0.1) is 0 Å². The van der Waals surface area contributed by atoms with Gasteiger partial charge in [-0.1, -0.05) is 19.1 Å². The fourth-order valence-corrected chi connectivity index (χ4v) is 2.58. The Labute approximate surface area is 118 Å². The van der Waals surface area contributed by atoms with E-state index < -0.39 is 11.5 Å². The van der Waals surface area contributed by atoms with Gasteiger partial charge in [0.1, 0.15) is 11.3 Å². The van der Waals surface area contributed by atoms with E-state index in [0.717, 1.165) is 6.42 Å². The molecule has 5 nitrogen and oxygen atoms in total. The van der Waals surface area contributed by atoms with Crippen LogP contribution in [0.1, 0.15) is 26.2 Å². The van der Waals surface area contributed by atoms with Crippen molar-refractivity contribution in [2.75, 3.05) is 19.0 Å². The zero-order chi connectivity index (χ0) is 14.6. The van der Waals surface area contributed by atoms with Crippen molar-refractivity contribution in [2.24, 2.45) is 0 Å². The van der Waals surface area contributed by atoms with Crippen LogP contribution in [-0.2, 0) is 9.53 Å². The molecule has 2 rings (SSSR count). The maximum absolute atomic E-state index is 11.8. The summed E-state index contributed by atoms with van der Waals surface area (Å²) in [6, 6.07) is 7.36. The quantitative estimate of drug-likeness (QED) is 0.867. The second-order valence-corrected chi connectivity index (χ2v) is 5.07. The zero-order valence-corrected chi connectivity index (χ0v) is 11.9. The Morgan fingerprint density at radius 1 is 1.55 bits per heavy atom. The van der Waals surface area contributed by atoms with Gasteiger partial charge in [0.2, 0.25) is 0 Å². The molecule has 1 aromatic rings. The molecule has 0 amide bonds. The minimum absolute atomic E-state index is 0.0259. The van der Waals surface area contributed by atoms with Gasteiger partial charge in [0, 0.05) is 19.4 Å². The van der Waals surface area contributed by atoms with Gasteiger partial charge in [-0.3, -0.25) is 0 Å². The minimum Gasteiger partial charge on any atom is -0.495 e. The molecule has 0 radical (unpaired) electrons. The average Bonchev–Trinajstić information content (AvgIpc) is 2.48. The van der Waals surface area contributed by atoms with Crippen LogP contribution < -0.4 is 10.1 Å². The lowest BCUT2D eigenvalue weighted by atomic mass is 9.85. The second-order valence-electron chi connectivity index (χ2n) is 5.07. The number of anilines is 1. The van der Waals surface area contributed by atoms with E-state index >= 15 is 0 Å². The molecule has 0 bridgehead atoms. The molecule has 0 spiro atoms. The minimum atomic E-state index is -0.992. The summed E-state index contributed by atoms with van der Waals surface area (Å²) in [4.78, 5) is 11.8. The van der Waals surface area contributed by atoms with E-state index in [9.17, 15) is 9.90 Å².